The molecule has 0 saturated heterocycles. The average Bonchev–Trinajstić information content (AvgIpc) is 3.22. The Hall–Kier alpha value is -1.89. The van der Waals surface area contributed by atoms with E-state index in [-0.39, 0.29) is 12.1 Å². The van der Waals surface area contributed by atoms with Crippen molar-refractivity contribution < 1.29 is 4.79 Å². The van der Waals surface area contributed by atoms with Gasteiger partial charge in [0.15, 0.2) is 5.82 Å². The molecule has 2 aromatic rings. The van der Waals surface area contributed by atoms with E-state index >= 15 is 0 Å². The smallest absolute Gasteiger partial charge is 0.315 e. The van der Waals surface area contributed by atoms with Crippen LogP contribution in [0.25, 0.3) is 0 Å². The van der Waals surface area contributed by atoms with E-state index < -0.39 is 0 Å². The number of carbonyl (C=O) groups is 1. The maximum absolute atomic E-state index is 12.2. The zero-order valence-corrected chi connectivity index (χ0v) is 14.4. The predicted octanol–water partition coefficient (Wildman–Crippen LogP) is 2.84. The average molecular weight is 333 g/mol. The van der Waals surface area contributed by atoms with Crippen LogP contribution in [0.15, 0.2) is 16.8 Å². The van der Waals surface area contributed by atoms with Gasteiger partial charge in [0, 0.05) is 19.5 Å². The number of hydrogen-bond donors (Lipinski definition) is 2. The van der Waals surface area contributed by atoms with Crippen LogP contribution in [0, 0.1) is 0 Å². The lowest BCUT2D eigenvalue weighted by atomic mass is 10.1. The summed E-state index contributed by atoms with van der Waals surface area (Å²) >= 11 is 1.68. The summed E-state index contributed by atoms with van der Waals surface area (Å²) in [6, 6.07) is 1.92. The summed E-state index contributed by atoms with van der Waals surface area (Å²) in [5, 5.41) is 14.7. The molecule has 6 nitrogen and oxygen atoms in total. The molecule has 0 spiro atoms. The molecule has 1 aliphatic rings. The van der Waals surface area contributed by atoms with Gasteiger partial charge in [-0.2, -0.15) is 16.4 Å². The molecular weight excluding hydrogens is 310 g/mol. The highest BCUT2D eigenvalue weighted by atomic mass is 32.1. The Bertz CT molecular complexity index is 651. The predicted molar refractivity (Wildman–Crippen MR) is 90.6 cm³/mol. The molecule has 0 saturated carbocycles. The molecule has 0 aromatic carbocycles. The van der Waals surface area contributed by atoms with Crippen LogP contribution in [0.4, 0.5) is 4.79 Å². The van der Waals surface area contributed by atoms with Crippen molar-refractivity contribution in [2.45, 2.75) is 51.6 Å². The van der Waals surface area contributed by atoms with Crippen LogP contribution in [-0.2, 0) is 13.0 Å². The Labute approximate surface area is 140 Å². The minimum absolute atomic E-state index is 0.0481. The van der Waals surface area contributed by atoms with Crippen LogP contribution < -0.4 is 10.6 Å². The van der Waals surface area contributed by atoms with E-state index in [1.54, 1.807) is 11.3 Å². The molecule has 23 heavy (non-hydrogen) atoms. The van der Waals surface area contributed by atoms with Crippen LogP contribution in [0.2, 0.25) is 0 Å². The maximum Gasteiger partial charge on any atom is 0.315 e. The second-order valence-electron chi connectivity index (χ2n) is 5.97. The third kappa shape index (κ3) is 3.72. The third-order valence-electron chi connectivity index (χ3n) is 4.22. The summed E-state index contributed by atoms with van der Waals surface area (Å²) in [4.78, 5) is 16.7. The van der Waals surface area contributed by atoms with Gasteiger partial charge in [-0.1, -0.05) is 13.8 Å². The van der Waals surface area contributed by atoms with Crippen LogP contribution >= 0.6 is 11.3 Å². The number of aryl methyl sites for hydroxylation is 2. The first-order valence-electron chi connectivity index (χ1n) is 8.17. The second-order valence-corrected chi connectivity index (χ2v) is 6.75. The molecule has 2 atom stereocenters. The van der Waals surface area contributed by atoms with Crippen molar-refractivity contribution in [3.8, 4) is 0 Å². The number of nitrogens with zero attached hydrogens (tertiary/aromatic N) is 3. The Morgan fingerprint density at radius 3 is 3.17 bits per heavy atom. The van der Waals surface area contributed by atoms with Crippen molar-refractivity contribution >= 4 is 17.4 Å². The molecule has 2 amide bonds. The van der Waals surface area contributed by atoms with Crippen LogP contribution in [0.3, 0.4) is 0 Å². The maximum atomic E-state index is 12.2. The molecule has 1 aliphatic heterocycles. The fraction of sp³-hybridized carbons (Fsp3) is 0.562. The van der Waals surface area contributed by atoms with Crippen molar-refractivity contribution in [2.24, 2.45) is 0 Å². The third-order valence-corrected chi connectivity index (χ3v) is 4.92. The minimum Gasteiger partial charge on any atom is -0.338 e. The van der Waals surface area contributed by atoms with Crippen molar-refractivity contribution in [1.29, 1.82) is 0 Å². The Morgan fingerprint density at radius 2 is 2.43 bits per heavy atom. The molecule has 0 unspecified atom stereocenters. The minimum atomic E-state index is -0.133. The van der Waals surface area contributed by atoms with Crippen molar-refractivity contribution in [1.82, 2.24) is 25.4 Å². The van der Waals surface area contributed by atoms with E-state index in [0.717, 1.165) is 37.5 Å². The van der Waals surface area contributed by atoms with Crippen molar-refractivity contribution in [2.75, 3.05) is 6.54 Å². The summed E-state index contributed by atoms with van der Waals surface area (Å²) in [6.45, 7) is 5.68. The lowest BCUT2D eigenvalue weighted by molar-refractivity contribution is 0.232. The summed E-state index contributed by atoms with van der Waals surface area (Å²) in [5.74, 6) is 2.04. The van der Waals surface area contributed by atoms with Gasteiger partial charge in [0.1, 0.15) is 5.82 Å². The number of hydrogen-bond acceptors (Lipinski definition) is 4. The molecular formula is C16H23N5OS. The highest BCUT2D eigenvalue weighted by Gasteiger charge is 2.25. The first-order chi connectivity index (χ1) is 11.2. The van der Waals surface area contributed by atoms with E-state index in [0.29, 0.717) is 12.5 Å². The second kappa shape index (κ2) is 7.12. The summed E-state index contributed by atoms with van der Waals surface area (Å²) < 4.78 is 1.93. The van der Waals surface area contributed by atoms with E-state index in [2.05, 4.69) is 44.5 Å². The van der Waals surface area contributed by atoms with Gasteiger partial charge in [0.05, 0.1) is 6.04 Å². The standard InChI is InChI=1S/C16H23N5OS/c1-3-14-19-15-13(5-4-7-21(15)20-14)18-16(22)17-9-11(2)12-6-8-23-10-12/h6,8,10-11,13H,3-5,7,9H2,1-2H3,(H2,17,18,22)/t11-,13+/m0/s1. The molecule has 0 radical (unpaired) electrons. The fourth-order valence-corrected chi connectivity index (χ4v) is 3.60. The molecule has 3 rings (SSSR count). The number of fused-ring (bicyclic) bond motifs is 1. The Morgan fingerprint density at radius 1 is 1.57 bits per heavy atom. The lowest BCUT2D eigenvalue weighted by Crippen LogP contribution is -2.41. The molecule has 124 valence electrons. The number of thiophene rings is 1. The number of carbonyl (C=O) groups excluding carboxylic acids is 1. The van der Waals surface area contributed by atoms with Gasteiger partial charge in [0.2, 0.25) is 0 Å². The van der Waals surface area contributed by atoms with Gasteiger partial charge in [-0.25, -0.2) is 14.5 Å². The normalized spacial score (nSPS) is 18.3. The number of aromatic nitrogens is 3. The monoisotopic (exact) mass is 333 g/mol. The van der Waals surface area contributed by atoms with Crippen LogP contribution in [0.1, 0.15) is 55.9 Å². The van der Waals surface area contributed by atoms with E-state index in [1.165, 1.54) is 5.56 Å². The van der Waals surface area contributed by atoms with Gasteiger partial charge in [-0.3, -0.25) is 0 Å². The first kappa shape index (κ1) is 16.0. The summed E-state index contributed by atoms with van der Waals surface area (Å²) in [7, 11) is 0. The lowest BCUT2D eigenvalue weighted by Gasteiger charge is -2.23. The molecule has 0 bridgehead atoms. The largest absolute Gasteiger partial charge is 0.338 e. The van der Waals surface area contributed by atoms with Crippen molar-refractivity contribution in [3.63, 3.8) is 0 Å². The highest BCUT2D eigenvalue weighted by molar-refractivity contribution is 7.07. The number of nitrogens with one attached hydrogen (secondary N) is 2. The number of amides is 2. The molecule has 3 heterocycles. The SMILES string of the molecule is CCc1nc2n(n1)CCC[C@H]2NC(=O)NC[C@H](C)c1ccsc1. The summed E-state index contributed by atoms with van der Waals surface area (Å²) in [6.07, 6.45) is 2.74. The fourth-order valence-electron chi connectivity index (χ4n) is 2.81. The van der Waals surface area contributed by atoms with Gasteiger partial charge < -0.3 is 10.6 Å². The van der Waals surface area contributed by atoms with Gasteiger partial charge >= 0.3 is 6.03 Å². The highest BCUT2D eigenvalue weighted by Crippen LogP contribution is 2.23. The number of urea groups is 1. The molecule has 0 fully saturated rings. The zero-order valence-electron chi connectivity index (χ0n) is 13.6. The zero-order chi connectivity index (χ0) is 16.2. The quantitative estimate of drug-likeness (QED) is 0.884. The molecule has 0 aliphatic carbocycles. The molecule has 2 N–H and O–H groups in total. The van der Waals surface area contributed by atoms with Crippen LogP contribution in [0.5, 0.6) is 0 Å². The number of rotatable bonds is 5. The topological polar surface area (TPSA) is 71.8 Å². The van der Waals surface area contributed by atoms with E-state index in [9.17, 15) is 4.79 Å². The van der Waals surface area contributed by atoms with Crippen LogP contribution in [-0.4, -0.2) is 27.3 Å². The van der Waals surface area contributed by atoms with E-state index in [1.807, 2.05) is 11.6 Å². The van der Waals surface area contributed by atoms with Gasteiger partial charge in [-0.05, 0) is 41.1 Å². The molecule has 2 aromatic heterocycles. The van der Waals surface area contributed by atoms with Gasteiger partial charge in [0.25, 0.3) is 0 Å². The Balaban J connectivity index is 1.55. The molecule has 7 heteroatoms. The first-order valence-corrected chi connectivity index (χ1v) is 9.11. The van der Waals surface area contributed by atoms with E-state index in [4.69, 9.17) is 0 Å². The van der Waals surface area contributed by atoms with Gasteiger partial charge in [-0.15, -0.1) is 0 Å². The Kier molecular flexibility index (Phi) is 4.95. The summed E-state index contributed by atoms with van der Waals surface area (Å²) in [5.41, 5.74) is 1.26. The van der Waals surface area contributed by atoms with Crippen molar-refractivity contribution in [3.05, 3.63) is 34.0 Å².